The summed E-state index contributed by atoms with van der Waals surface area (Å²) in [5.74, 6) is 1.61. The van der Waals surface area contributed by atoms with Crippen LogP contribution in [-0.2, 0) is 17.8 Å². The van der Waals surface area contributed by atoms with Gasteiger partial charge >= 0.3 is 0 Å². The minimum atomic E-state index is 0.571. The highest BCUT2D eigenvalue weighted by atomic mass is 16.5. The second-order valence-electron chi connectivity index (χ2n) is 7.46. The molecule has 28 heavy (non-hydrogen) atoms. The van der Waals surface area contributed by atoms with Crippen LogP contribution >= 0.6 is 0 Å². The average molecular weight is 384 g/mol. The lowest BCUT2D eigenvalue weighted by atomic mass is 10.1. The van der Waals surface area contributed by atoms with Crippen molar-refractivity contribution in [1.29, 1.82) is 0 Å². The molecule has 1 atom stereocenters. The summed E-state index contributed by atoms with van der Waals surface area (Å²) in [5, 5.41) is 10.5. The van der Waals surface area contributed by atoms with E-state index < -0.39 is 0 Å². The number of aliphatic imine (C=N–C) groups is 1. The highest BCUT2D eigenvalue weighted by molar-refractivity contribution is 5.80. The summed E-state index contributed by atoms with van der Waals surface area (Å²) in [6.45, 7) is 9.49. The third kappa shape index (κ3) is 6.09. The van der Waals surface area contributed by atoms with Crippen molar-refractivity contribution in [2.45, 2.75) is 39.7 Å². The van der Waals surface area contributed by atoms with Crippen LogP contribution in [0, 0.1) is 12.8 Å². The molecule has 1 fully saturated rings. The molecule has 1 aromatic carbocycles. The summed E-state index contributed by atoms with van der Waals surface area (Å²) in [6.07, 6.45) is 5.13. The highest BCUT2D eigenvalue weighted by Gasteiger charge is 2.24. The maximum Gasteiger partial charge on any atom is 0.193 e. The largest absolute Gasteiger partial charge is 0.376 e. The van der Waals surface area contributed by atoms with Crippen molar-refractivity contribution in [1.82, 2.24) is 20.4 Å². The number of benzene rings is 1. The van der Waals surface area contributed by atoms with Crippen LogP contribution in [0.2, 0.25) is 0 Å². The molecule has 3 rings (SSSR count). The average Bonchev–Trinajstić information content (AvgIpc) is 3.34. The van der Waals surface area contributed by atoms with Gasteiger partial charge in [-0.05, 0) is 44.2 Å². The van der Waals surface area contributed by atoms with Crippen LogP contribution in [0.4, 0.5) is 0 Å². The van der Waals surface area contributed by atoms with Gasteiger partial charge in [-0.1, -0.05) is 30.3 Å². The number of hydrogen-bond acceptors (Lipinski definition) is 3. The minimum Gasteiger partial charge on any atom is -0.376 e. The maximum atomic E-state index is 5.95. The van der Waals surface area contributed by atoms with E-state index in [1.807, 2.05) is 12.3 Å². The molecule has 6 heteroatoms. The lowest BCUT2D eigenvalue weighted by Gasteiger charge is -2.21. The normalized spacial score (nSPS) is 17.3. The Hall–Kier alpha value is -2.34. The van der Waals surface area contributed by atoms with Crippen LogP contribution in [0.25, 0.3) is 0 Å². The molecule has 152 valence electrons. The first-order valence-electron chi connectivity index (χ1n) is 10.4. The number of aryl methyl sites for hydroxylation is 2. The number of hydrogen-bond donors (Lipinski definition) is 2. The molecular weight excluding hydrogens is 350 g/mol. The number of nitrogens with zero attached hydrogens (tertiary/aromatic N) is 3. The standard InChI is InChI=1S/C22H33N5O/c1-3-23-22(24-12-7-10-21-14-25-26-18(21)2)27-13-11-20(15-27)17-28-16-19-8-5-4-6-9-19/h4-6,8-9,14,20H,3,7,10-13,15-17H2,1-2H3,(H,23,24)(H,25,26). The molecule has 2 N–H and O–H groups in total. The highest BCUT2D eigenvalue weighted by Crippen LogP contribution is 2.17. The van der Waals surface area contributed by atoms with Crippen molar-refractivity contribution < 1.29 is 4.74 Å². The molecule has 2 aromatic rings. The number of ether oxygens (including phenoxy) is 1. The molecule has 0 bridgehead atoms. The minimum absolute atomic E-state index is 0.571. The van der Waals surface area contributed by atoms with Gasteiger partial charge in [-0.25, -0.2) is 0 Å². The van der Waals surface area contributed by atoms with E-state index in [1.54, 1.807) is 0 Å². The van der Waals surface area contributed by atoms with E-state index >= 15 is 0 Å². The van der Waals surface area contributed by atoms with Gasteiger partial charge in [-0.2, -0.15) is 5.10 Å². The van der Waals surface area contributed by atoms with Crippen LogP contribution in [-0.4, -0.2) is 53.8 Å². The quantitative estimate of drug-likeness (QED) is 0.397. The Balaban J connectivity index is 1.41. The monoisotopic (exact) mass is 383 g/mol. The first-order chi connectivity index (χ1) is 13.8. The Morgan fingerprint density at radius 2 is 2.21 bits per heavy atom. The molecule has 0 aliphatic carbocycles. The SMILES string of the molecule is CCNC(=NCCCc1cn[nH]c1C)N1CCC(COCc2ccccc2)C1. The van der Waals surface area contributed by atoms with Crippen LogP contribution < -0.4 is 5.32 Å². The molecule has 1 saturated heterocycles. The number of rotatable bonds is 9. The van der Waals surface area contributed by atoms with Crippen LogP contribution in [0.5, 0.6) is 0 Å². The predicted molar refractivity (Wildman–Crippen MR) is 113 cm³/mol. The number of likely N-dealkylation sites (tertiary alicyclic amines) is 1. The van der Waals surface area contributed by atoms with Crippen LogP contribution in [0.3, 0.4) is 0 Å². The van der Waals surface area contributed by atoms with E-state index in [0.29, 0.717) is 12.5 Å². The fourth-order valence-electron chi connectivity index (χ4n) is 3.59. The topological polar surface area (TPSA) is 65.5 Å². The van der Waals surface area contributed by atoms with E-state index in [2.05, 4.69) is 58.5 Å². The molecule has 0 spiro atoms. The molecule has 1 aliphatic heterocycles. The summed E-state index contributed by atoms with van der Waals surface area (Å²) >= 11 is 0. The molecule has 0 saturated carbocycles. The summed E-state index contributed by atoms with van der Waals surface area (Å²) in [5.41, 5.74) is 3.69. The molecule has 0 amide bonds. The molecule has 6 nitrogen and oxygen atoms in total. The smallest absolute Gasteiger partial charge is 0.193 e. The Kier molecular flexibility index (Phi) is 7.91. The van der Waals surface area contributed by atoms with Gasteiger partial charge < -0.3 is 15.0 Å². The van der Waals surface area contributed by atoms with Crippen molar-refractivity contribution in [3.05, 3.63) is 53.3 Å². The Bertz CT molecular complexity index is 728. The van der Waals surface area contributed by atoms with Gasteiger partial charge in [0, 0.05) is 37.8 Å². The number of nitrogens with one attached hydrogen (secondary N) is 2. The number of aromatic amines is 1. The molecule has 1 aromatic heterocycles. The van der Waals surface area contributed by atoms with Gasteiger partial charge in [0.2, 0.25) is 0 Å². The third-order valence-corrected chi connectivity index (χ3v) is 5.19. The molecule has 2 heterocycles. The van der Waals surface area contributed by atoms with Crippen molar-refractivity contribution in [2.24, 2.45) is 10.9 Å². The molecule has 0 radical (unpaired) electrons. The second kappa shape index (κ2) is 10.9. The number of guanidine groups is 1. The fraction of sp³-hybridized carbons (Fsp3) is 0.545. The lowest BCUT2D eigenvalue weighted by Crippen LogP contribution is -2.40. The van der Waals surface area contributed by atoms with E-state index in [1.165, 1.54) is 11.1 Å². The van der Waals surface area contributed by atoms with E-state index in [9.17, 15) is 0 Å². The van der Waals surface area contributed by atoms with Gasteiger partial charge in [0.15, 0.2) is 5.96 Å². The maximum absolute atomic E-state index is 5.95. The van der Waals surface area contributed by atoms with Crippen molar-refractivity contribution in [3.8, 4) is 0 Å². The fourth-order valence-corrected chi connectivity index (χ4v) is 3.59. The Morgan fingerprint density at radius 3 is 2.96 bits per heavy atom. The first kappa shape index (κ1) is 20.4. The second-order valence-corrected chi connectivity index (χ2v) is 7.46. The Labute approximate surface area is 168 Å². The van der Waals surface area contributed by atoms with E-state index in [4.69, 9.17) is 9.73 Å². The number of aromatic nitrogens is 2. The first-order valence-corrected chi connectivity index (χ1v) is 10.4. The van der Waals surface area contributed by atoms with Crippen LogP contribution in [0.1, 0.15) is 36.6 Å². The van der Waals surface area contributed by atoms with Gasteiger partial charge in [-0.15, -0.1) is 0 Å². The van der Waals surface area contributed by atoms with Gasteiger partial charge in [0.1, 0.15) is 0 Å². The van der Waals surface area contributed by atoms with E-state index in [-0.39, 0.29) is 0 Å². The number of H-pyrrole nitrogens is 1. The van der Waals surface area contributed by atoms with Crippen molar-refractivity contribution >= 4 is 5.96 Å². The van der Waals surface area contributed by atoms with Gasteiger partial charge in [0.05, 0.1) is 19.4 Å². The predicted octanol–water partition coefficient (Wildman–Crippen LogP) is 3.15. The third-order valence-electron chi connectivity index (χ3n) is 5.19. The van der Waals surface area contributed by atoms with Gasteiger partial charge in [-0.3, -0.25) is 10.1 Å². The molecule has 1 unspecified atom stereocenters. The zero-order valence-corrected chi connectivity index (χ0v) is 17.2. The summed E-state index contributed by atoms with van der Waals surface area (Å²) < 4.78 is 5.95. The summed E-state index contributed by atoms with van der Waals surface area (Å²) in [6, 6.07) is 10.4. The van der Waals surface area contributed by atoms with Gasteiger partial charge in [0.25, 0.3) is 0 Å². The molecule has 1 aliphatic rings. The Morgan fingerprint density at radius 1 is 1.36 bits per heavy atom. The van der Waals surface area contributed by atoms with Crippen molar-refractivity contribution in [3.63, 3.8) is 0 Å². The summed E-state index contributed by atoms with van der Waals surface area (Å²) in [4.78, 5) is 7.23. The van der Waals surface area contributed by atoms with Crippen molar-refractivity contribution in [2.75, 3.05) is 32.8 Å². The zero-order valence-electron chi connectivity index (χ0n) is 17.2. The van der Waals surface area contributed by atoms with Crippen LogP contribution in [0.15, 0.2) is 41.5 Å². The molecular formula is C22H33N5O. The summed E-state index contributed by atoms with van der Waals surface area (Å²) in [7, 11) is 0. The van der Waals surface area contributed by atoms with E-state index in [0.717, 1.165) is 63.7 Å². The zero-order chi connectivity index (χ0) is 19.6. The lowest BCUT2D eigenvalue weighted by molar-refractivity contribution is 0.0907.